The molecule has 1 aromatic heterocycles. The number of carboxylic acid groups (broad SMARTS) is 1. The average Bonchev–Trinajstić information content (AvgIpc) is 2.46. The first-order valence-corrected chi connectivity index (χ1v) is 7.07. The number of benzene rings is 1. The summed E-state index contributed by atoms with van der Waals surface area (Å²) in [4.78, 5) is 15.6. The molecule has 2 rings (SSSR count). The number of carbonyl (C=O) groups is 1. The summed E-state index contributed by atoms with van der Waals surface area (Å²) < 4.78 is -1.20. The van der Waals surface area contributed by atoms with Crippen molar-refractivity contribution in [2.45, 2.75) is 24.0 Å². The maximum absolute atomic E-state index is 11.6. The highest BCUT2D eigenvalue weighted by molar-refractivity contribution is 7.82. The van der Waals surface area contributed by atoms with Crippen LogP contribution in [0.25, 0.3) is 0 Å². The van der Waals surface area contributed by atoms with E-state index in [0.717, 1.165) is 11.1 Å². The van der Waals surface area contributed by atoms with Crippen molar-refractivity contribution in [1.82, 2.24) is 4.98 Å². The van der Waals surface area contributed by atoms with Gasteiger partial charge in [-0.1, -0.05) is 36.4 Å². The monoisotopic (exact) mass is 302 g/mol. The summed E-state index contributed by atoms with van der Waals surface area (Å²) in [5.41, 5.74) is 7.47. The Balaban J connectivity index is 2.39. The molecular weight excluding hydrogens is 284 g/mol. The summed E-state index contributed by atoms with van der Waals surface area (Å²) in [5, 5.41) is 9.48. The Bertz CT molecular complexity index is 612. The highest BCUT2D eigenvalue weighted by atomic mass is 32.1. The molecule has 2 unspecified atom stereocenters. The van der Waals surface area contributed by atoms with Crippen LogP contribution in [0.3, 0.4) is 0 Å². The smallest absolute Gasteiger partial charge is 0.319 e. The Labute approximate surface area is 129 Å². The van der Waals surface area contributed by atoms with E-state index in [9.17, 15) is 9.90 Å². The third kappa shape index (κ3) is 3.55. The van der Waals surface area contributed by atoms with Crippen molar-refractivity contribution in [1.29, 1.82) is 0 Å². The van der Waals surface area contributed by atoms with E-state index in [1.54, 1.807) is 19.2 Å². The molecule has 0 aliphatic rings. The van der Waals surface area contributed by atoms with E-state index in [4.69, 9.17) is 5.73 Å². The molecule has 0 fully saturated rings. The molecule has 0 aliphatic heterocycles. The molecular formula is C16H18N2O2S. The zero-order valence-corrected chi connectivity index (χ0v) is 12.6. The largest absolute Gasteiger partial charge is 0.480 e. The zero-order chi connectivity index (χ0) is 15.5. The predicted octanol–water partition coefficient (Wildman–Crippen LogP) is 2.76. The normalized spacial score (nSPS) is 15.1. The van der Waals surface area contributed by atoms with E-state index < -0.39 is 10.7 Å². The third-order valence-corrected chi connectivity index (χ3v) is 4.11. The maximum Gasteiger partial charge on any atom is 0.319 e. The van der Waals surface area contributed by atoms with Gasteiger partial charge in [-0.05, 0) is 30.5 Å². The number of nitrogen functional groups attached to an aromatic ring is 1. The number of nitrogens with zero attached hydrogens (tertiary/aromatic N) is 1. The number of carboxylic acids is 1. The van der Waals surface area contributed by atoms with Crippen LogP contribution in [0.1, 0.15) is 24.0 Å². The number of rotatable bonds is 5. The lowest BCUT2D eigenvalue weighted by atomic mass is 9.82. The SMILES string of the molecule is CC(S)(C(=O)O)C(Cc1ccccc1)c1ccc(N)nc1. The van der Waals surface area contributed by atoms with Gasteiger partial charge in [0.25, 0.3) is 0 Å². The van der Waals surface area contributed by atoms with Crippen molar-refractivity contribution in [2.24, 2.45) is 0 Å². The number of thiol groups is 1. The number of aliphatic carboxylic acids is 1. The van der Waals surface area contributed by atoms with Gasteiger partial charge >= 0.3 is 5.97 Å². The summed E-state index contributed by atoms with van der Waals surface area (Å²) in [6.07, 6.45) is 2.19. The first-order chi connectivity index (χ1) is 9.91. The summed E-state index contributed by atoms with van der Waals surface area (Å²) in [7, 11) is 0. The van der Waals surface area contributed by atoms with Crippen molar-refractivity contribution >= 4 is 24.4 Å². The molecule has 3 N–H and O–H groups in total. The predicted molar refractivity (Wildman–Crippen MR) is 86.6 cm³/mol. The number of anilines is 1. The molecule has 2 aromatic rings. The second-order valence-corrected chi connectivity index (χ2v) is 6.14. The molecule has 0 radical (unpaired) electrons. The highest BCUT2D eigenvalue weighted by Gasteiger charge is 2.39. The molecule has 1 heterocycles. The molecule has 0 bridgehead atoms. The minimum Gasteiger partial charge on any atom is -0.480 e. The Morgan fingerprint density at radius 2 is 2.00 bits per heavy atom. The van der Waals surface area contributed by atoms with Crippen LogP contribution in [-0.2, 0) is 11.2 Å². The standard InChI is InChI=1S/C16H18N2O2S/c1-16(21,15(19)20)13(9-11-5-3-2-4-6-11)12-7-8-14(17)18-10-12/h2-8,10,13,21H,9H2,1H3,(H2,17,18)(H,19,20). The summed E-state index contributed by atoms with van der Waals surface area (Å²) in [5.74, 6) is -0.856. The van der Waals surface area contributed by atoms with Crippen molar-refractivity contribution < 1.29 is 9.90 Å². The van der Waals surface area contributed by atoms with Crippen LogP contribution in [0, 0.1) is 0 Å². The van der Waals surface area contributed by atoms with Gasteiger partial charge in [0, 0.05) is 12.1 Å². The van der Waals surface area contributed by atoms with Gasteiger partial charge in [-0.2, -0.15) is 12.6 Å². The van der Waals surface area contributed by atoms with Gasteiger partial charge in [0.15, 0.2) is 0 Å². The van der Waals surface area contributed by atoms with Crippen LogP contribution < -0.4 is 5.73 Å². The van der Waals surface area contributed by atoms with Gasteiger partial charge in [0.2, 0.25) is 0 Å². The number of nitrogens with two attached hydrogens (primary N) is 1. The number of aromatic nitrogens is 1. The lowest BCUT2D eigenvalue weighted by molar-refractivity contribution is -0.140. The Hall–Kier alpha value is -2.01. The van der Waals surface area contributed by atoms with Crippen LogP contribution in [-0.4, -0.2) is 20.8 Å². The minimum atomic E-state index is -1.20. The van der Waals surface area contributed by atoms with Crippen LogP contribution in [0.2, 0.25) is 0 Å². The van der Waals surface area contributed by atoms with E-state index >= 15 is 0 Å². The number of hydrogen-bond donors (Lipinski definition) is 3. The number of hydrogen-bond acceptors (Lipinski definition) is 4. The van der Waals surface area contributed by atoms with Gasteiger partial charge < -0.3 is 10.8 Å². The second-order valence-electron chi connectivity index (χ2n) is 5.21. The number of pyridine rings is 1. The lowest BCUT2D eigenvalue weighted by Crippen LogP contribution is -2.37. The lowest BCUT2D eigenvalue weighted by Gasteiger charge is -2.30. The van der Waals surface area contributed by atoms with Gasteiger partial charge in [0.05, 0.1) is 0 Å². The van der Waals surface area contributed by atoms with Crippen molar-refractivity contribution in [3.05, 3.63) is 59.8 Å². The van der Waals surface area contributed by atoms with Crippen LogP contribution in [0.4, 0.5) is 5.82 Å². The first-order valence-electron chi connectivity index (χ1n) is 6.62. The molecule has 21 heavy (non-hydrogen) atoms. The molecule has 0 spiro atoms. The van der Waals surface area contributed by atoms with E-state index in [2.05, 4.69) is 17.6 Å². The molecule has 0 amide bonds. The average molecular weight is 302 g/mol. The fourth-order valence-electron chi connectivity index (χ4n) is 2.26. The first kappa shape index (κ1) is 15.4. The van der Waals surface area contributed by atoms with Crippen molar-refractivity contribution in [3.63, 3.8) is 0 Å². The van der Waals surface area contributed by atoms with Crippen LogP contribution >= 0.6 is 12.6 Å². The second kappa shape index (κ2) is 6.18. The maximum atomic E-state index is 11.6. The van der Waals surface area contributed by atoms with Crippen LogP contribution in [0.15, 0.2) is 48.7 Å². The molecule has 2 atom stereocenters. The van der Waals surface area contributed by atoms with E-state index in [-0.39, 0.29) is 5.92 Å². The Kier molecular flexibility index (Phi) is 4.53. The van der Waals surface area contributed by atoms with Gasteiger partial charge in [0.1, 0.15) is 10.6 Å². The molecule has 1 aromatic carbocycles. The van der Waals surface area contributed by atoms with E-state index in [0.29, 0.717) is 12.2 Å². The van der Waals surface area contributed by atoms with E-state index in [1.165, 1.54) is 0 Å². The fourth-order valence-corrected chi connectivity index (χ4v) is 2.50. The molecule has 0 saturated heterocycles. The fraction of sp³-hybridized carbons (Fsp3) is 0.250. The zero-order valence-electron chi connectivity index (χ0n) is 11.7. The third-order valence-electron chi connectivity index (χ3n) is 3.61. The minimum absolute atomic E-state index is 0.311. The van der Waals surface area contributed by atoms with Gasteiger partial charge in [-0.3, -0.25) is 4.79 Å². The van der Waals surface area contributed by atoms with Crippen molar-refractivity contribution in [3.8, 4) is 0 Å². The Morgan fingerprint density at radius 1 is 1.33 bits per heavy atom. The summed E-state index contributed by atoms with van der Waals surface area (Å²) in [6, 6.07) is 13.2. The molecule has 5 heteroatoms. The van der Waals surface area contributed by atoms with Gasteiger partial charge in [-0.15, -0.1) is 0 Å². The molecule has 0 saturated carbocycles. The van der Waals surface area contributed by atoms with E-state index in [1.807, 2.05) is 36.4 Å². The van der Waals surface area contributed by atoms with Gasteiger partial charge in [-0.25, -0.2) is 4.98 Å². The molecule has 0 aliphatic carbocycles. The quantitative estimate of drug-likeness (QED) is 0.742. The molecule has 4 nitrogen and oxygen atoms in total. The summed E-state index contributed by atoms with van der Waals surface area (Å²) >= 11 is 4.39. The Morgan fingerprint density at radius 3 is 2.52 bits per heavy atom. The highest BCUT2D eigenvalue weighted by Crippen LogP contribution is 2.36. The molecule has 110 valence electrons. The summed E-state index contributed by atoms with van der Waals surface area (Å²) in [6.45, 7) is 1.61. The van der Waals surface area contributed by atoms with Crippen LogP contribution in [0.5, 0.6) is 0 Å². The topological polar surface area (TPSA) is 76.2 Å². The van der Waals surface area contributed by atoms with Crippen molar-refractivity contribution in [2.75, 3.05) is 5.73 Å².